The molecule has 148 valence electrons. The Kier molecular flexibility index (Phi) is 6.03. The highest BCUT2D eigenvalue weighted by atomic mass is 16.4. The van der Waals surface area contributed by atoms with Crippen LogP contribution in [0, 0.1) is 0 Å². The average Bonchev–Trinajstić information content (AvgIpc) is 2.68. The van der Waals surface area contributed by atoms with Gasteiger partial charge in [0.2, 0.25) is 11.9 Å². The number of hydrogen-bond donors (Lipinski definition) is 3. The van der Waals surface area contributed by atoms with Gasteiger partial charge in [-0.3, -0.25) is 9.59 Å². The van der Waals surface area contributed by atoms with Crippen molar-refractivity contribution in [2.24, 2.45) is 0 Å². The van der Waals surface area contributed by atoms with Gasteiger partial charge in [0.1, 0.15) is 6.54 Å². The summed E-state index contributed by atoms with van der Waals surface area (Å²) in [5.74, 6) is -0.559. The summed E-state index contributed by atoms with van der Waals surface area (Å²) in [5, 5.41) is 14.8. The van der Waals surface area contributed by atoms with Gasteiger partial charge in [0, 0.05) is 42.8 Å². The highest BCUT2D eigenvalue weighted by Gasteiger charge is 2.07. The molecule has 0 saturated heterocycles. The van der Waals surface area contributed by atoms with Crippen LogP contribution in [0.3, 0.4) is 0 Å². The van der Waals surface area contributed by atoms with E-state index in [1.807, 2.05) is 54.6 Å². The first-order chi connectivity index (χ1) is 13.9. The van der Waals surface area contributed by atoms with Crippen LogP contribution in [0.1, 0.15) is 6.92 Å². The molecule has 2 aromatic carbocycles. The summed E-state index contributed by atoms with van der Waals surface area (Å²) in [5.41, 5.74) is 3.95. The molecule has 0 bridgehead atoms. The fourth-order valence-corrected chi connectivity index (χ4v) is 2.73. The number of likely N-dealkylation sites (N-methyl/N-ethyl adjacent to an activating group) is 1. The van der Waals surface area contributed by atoms with Crippen molar-refractivity contribution < 1.29 is 14.7 Å². The lowest BCUT2D eigenvalue weighted by molar-refractivity contribution is -0.135. The van der Waals surface area contributed by atoms with Gasteiger partial charge in [0.15, 0.2) is 0 Å². The Balaban J connectivity index is 1.71. The molecule has 3 rings (SSSR count). The molecule has 1 heterocycles. The maximum atomic E-state index is 11.1. The van der Waals surface area contributed by atoms with Crippen molar-refractivity contribution in [3.63, 3.8) is 0 Å². The second-order valence-corrected chi connectivity index (χ2v) is 6.45. The maximum absolute atomic E-state index is 11.1. The van der Waals surface area contributed by atoms with Gasteiger partial charge < -0.3 is 20.6 Å². The van der Waals surface area contributed by atoms with E-state index in [1.54, 1.807) is 18.1 Å². The second kappa shape index (κ2) is 8.83. The number of carboxylic acid groups (broad SMARTS) is 1. The Labute approximate surface area is 168 Å². The van der Waals surface area contributed by atoms with E-state index >= 15 is 0 Å². The first kappa shape index (κ1) is 19.8. The zero-order valence-electron chi connectivity index (χ0n) is 16.1. The molecule has 1 amide bonds. The van der Waals surface area contributed by atoms with Crippen LogP contribution in [0.4, 0.5) is 23.0 Å². The van der Waals surface area contributed by atoms with E-state index in [9.17, 15) is 9.59 Å². The molecule has 29 heavy (non-hydrogen) atoms. The molecule has 0 fully saturated rings. The molecular formula is C21H21N5O3. The van der Waals surface area contributed by atoms with Gasteiger partial charge in [-0.25, -0.2) is 9.97 Å². The van der Waals surface area contributed by atoms with Crippen LogP contribution in [0.5, 0.6) is 0 Å². The summed E-state index contributed by atoms with van der Waals surface area (Å²) in [6.45, 7) is 1.39. The van der Waals surface area contributed by atoms with Crippen LogP contribution in [-0.2, 0) is 9.59 Å². The van der Waals surface area contributed by atoms with Crippen molar-refractivity contribution in [2.45, 2.75) is 6.92 Å². The normalized spacial score (nSPS) is 10.3. The van der Waals surface area contributed by atoms with Crippen LogP contribution in [0.2, 0.25) is 0 Å². The van der Waals surface area contributed by atoms with Crippen molar-refractivity contribution in [2.75, 3.05) is 29.1 Å². The predicted octanol–water partition coefficient (Wildman–Crippen LogP) is 3.37. The van der Waals surface area contributed by atoms with Gasteiger partial charge in [0.05, 0.1) is 5.69 Å². The predicted molar refractivity (Wildman–Crippen MR) is 112 cm³/mol. The molecule has 1 aromatic heterocycles. The molecule has 0 unspecified atom stereocenters. The third-order valence-corrected chi connectivity index (χ3v) is 4.09. The smallest absolute Gasteiger partial charge is 0.323 e. The molecule has 8 heteroatoms. The number of nitrogens with one attached hydrogen (secondary N) is 2. The first-order valence-corrected chi connectivity index (χ1v) is 8.92. The SMILES string of the molecule is CC(=O)Nc1ccc(-c2ccnc(Nc3ccc(N(C)CC(=O)O)cc3)n2)cc1. The summed E-state index contributed by atoms with van der Waals surface area (Å²) in [6.07, 6.45) is 1.67. The van der Waals surface area contributed by atoms with E-state index in [0.717, 1.165) is 28.3 Å². The highest BCUT2D eigenvalue weighted by molar-refractivity contribution is 5.88. The molecule has 3 N–H and O–H groups in total. The fraction of sp³-hybridized carbons (Fsp3) is 0.143. The van der Waals surface area contributed by atoms with E-state index in [0.29, 0.717) is 5.95 Å². The summed E-state index contributed by atoms with van der Waals surface area (Å²) in [4.78, 5) is 32.4. The molecule has 0 aliphatic carbocycles. The number of carbonyl (C=O) groups is 2. The average molecular weight is 391 g/mol. The lowest BCUT2D eigenvalue weighted by atomic mass is 10.1. The summed E-state index contributed by atoms with van der Waals surface area (Å²) in [6, 6.07) is 16.5. The van der Waals surface area contributed by atoms with Crippen LogP contribution in [0.15, 0.2) is 60.8 Å². The van der Waals surface area contributed by atoms with Gasteiger partial charge >= 0.3 is 5.97 Å². The van der Waals surface area contributed by atoms with Crippen LogP contribution in [-0.4, -0.2) is 40.5 Å². The first-order valence-electron chi connectivity index (χ1n) is 8.92. The van der Waals surface area contributed by atoms with Crippen molar-refractivity contribution >= 4 is 34.9 Å². The Morgan fingerprint density at radius 2 is 1.66 bits per heavy atom. The summed E-state index contributed by atoms with van der Waals surface area (Å²) < 4.78 is 0. The Hall–Kier alpha value is -3.94. The van der Waals surface area contributed by atoms with E-state index in [1.165, 1.54) is 6.92 Å². The Morgan fingerprint density at radius 3 is 2.28 bits per heavy atom. The molecular weight excluding hydrogens is 370 g/mol. The third kappa shape index (κ3) is 5.52. The minimum atomic E-state index is -0.884. The second-order valence-electron chi connectivity index (χ2n) is 6.45. The number of aliphatic carboxylic acids is 1. The summed E-state index contributed by atoms with van der Waals surface area (Å²) in [7, 11) is 1.72. The van der Waals surface area contributed by atoms with Crippen molar-refractivity contribution in [1.29, 1.82) is 0 Å². The van der Waals surface area contributed by atoms with Gasteiger partial charge in [-0.1, -0.05) is 12.1 Å². The molecule has 0 aliphatic rings. The Bertz CT molecular complexity index is 1000. The lowest BCUT2D eigenvalue weighted by Gasteiger charge is -2.17. The van der Waals surface area contributed by atoms with Crippen LogP contribution < -0.4 is 15.5 Å². The number of carbonyl (C=O) groups excluding carboxylic acids is 1. The monoisotopic (exact) mass is 391 g/mol. The van der Waals surface area contributed by atoms with Gasteiger partial charge in [-0.05, 0) is 42.5 Å². The molecule has 0 spiro atoms. The zero-order valence-corrected chi connectivity index (χ0v) is 16.1. The number of carboxylic acids is 1. The molecule has 0 radical (unpaired) electrons. The third-order valence-electron chi connectivity index (χ3n) is 4.09. The van der Waals surface area contributed by atoms with Crippen LogP contribution in [0.25, 0.3) is 11.3 Å². The number of hydrogen-bond acceptors (Lipinski definition) is 6. The van der Waals surface area contributed by atoms with E-state index < -0.39 is 5.97 Å². The minimum absolute atomic E-state index is 0.0708. The zero-order chi connectivity index (χ0) is 20.8. The van der Waals surface area contributed by atoms with Crippen LogP contribution >= 0.6 is 0 Å². The van der Waals surface area contributed by atoms with Crippen molar-refractivity contribution in [1.82, 2.24) is 9.97 Å². The van der Waals surface area contributed by atoms with Crippen molar-refractivity contribution in [3.05, 3.63) is 60.8 Å². The lowest BCUT2D eigenvalue weighted by Crippen LogP contribution is -2.24. The fourth-order valence-electron chi connectivity index (χ4n) is 2.73. The topological polar surface area (TPSA) is 107 Å². The van der Waals surface area contributed by atoms with Crippen molar-refractivity contribution in [3.8, 4) is 11.3 Å². The molecule has 3 aromatic rings. The maximum Gasteiger partial charge on any atom is 0.323 e. The van der Waals surface area contributed by atoms with E-state index in [-0.39, 0.29) is 12.5 Å². The van der Waals surface area contributed by atoms with E-state index in [4.69, 9.17) is 5.11 Å². The Morgan fingerprint density at radius 1 is 1.00 bits per heavy atom. The quantitative estimate of drug-likeness (QED) is 0.567. The number of aromatic nitrogens is 2. The summed E-state index contributed by atoms with van der Waals surface area (Å²) >= 11 is 0. The van der Waals surface area contributed by atoms with E-state index in [2.05, 4.69) is 20.6 Å². The molecule has 0 aliphatic heterocycles. The number of anilines is 4. The van der Waals surface area contributed by atoms with Gasteiger partial charge in [0.25, 0.3) is 0 Å². The molecule has 8 nitrogen and oxygen atoms in total. The number of benzene rings is 2. The highest BCUT2D eigenvalue weighted by Crippen LogP contribution is 2.22. The molecule has 0 saturated carbocycles. The van der Waals surface area contributed by atoms with Gasteiger partial charge in [-0.15, -0.1) is 0 Å². The standard InChI is InChI=1S/C21H21N5O3/c1-14(27)23-16-5-3-15(4-6-16)19-11-12-22-21(25-19)24-17-7-9-18(10-8-17)26(2)13-20(28)29/h3-12H,13H2,1-2H3,(H,23,27)(H,28,29)(H,22,24,25). The van der Waals surface area contributed by atoms with Gasteiger partial charge in [-0.2, -0.15) is 0 Å². The largest absolute Gasteiger partial charge is 0.480 e. The number of rotatable bonds is 7. The minimum Gasteiger partial charge on any atom is -0.480 e. The number of nitrogens with zero attached hydrogens (tertiary/aromatic N) is 3. The molecule has 0 atom stereocenters. The number of amides is 1.